The Morgan fingerprint density at radius 2 is 0.933 bits per heavy atom. The van der Waals surface area contributed by atoms with E-state index in [2.05, 4.69) is 6.92 Å². The quantitative estimate of drug-likeness (QED) is 0.455. The van der Waals surface area contributed by atoms with Crippen LogP contribution in [0.3, 0.4) is 0 Å². The number of hydrogen-bond donors (Lipinski definition) is 1. The van der Waals surface area contributed by atoms with Crippen LogP contribution in [-0.2, 0) is 0 Å². The van der Waals surface area contributed by atoms with Gasteiger partial charge in [-0.25, -0.2) is 0 Å². The first-order valence-electron chi connectivity index (χ1n) is 6.02. The molecule has 3 heteroatoms. The minimum absolute atomic E-state index is 0. The molecule has 0 bridgehead atoms. The normalized spacial score (nSPS) is 9.20. The second kappa shape index (κ2) is 21.3. The maximum absolute atomic E-state index is 8.57. The van der Waals surface area contributed by atoms with E-state index in [1.165, 1.54) is 57.8 Å². The molecule has 0 unspecified atom stereocenters. The molecule has 0 amide bonds. The van der Waals surface area contributed by atoms with E-state index in [1.54, 1.807) is 0 Å². The van der Waals surface area contributed by atoms with Crippen molar-refractivity contribution < 1.29 is 5.11 Å². The fourth-order valence-corrected chi connectivity index (χ4v) is 1.60. The van der Waals surface area contributed by atoms with Crippen LogP contribution in [0.4, 0.5) is 0 Å². The van der Waals surface area contributed by atoms with Crippen LogP contribution in [0.1, 0.15) is 71.1 Å². The van der Waals surface area contributed by atoms with Gasteiger partial charge in [-0.05, 0) is 6.42 Å². The van der Waals surface area contributed by atoms with Gasteiger partial charge in [-0.1, -0.05) is 64.7 Å². The van der Waals surface area contributed by atoms with Crippen LogP contribution >= 0.6 is 0 Å². The topological polar surface area (TPSA) is 20.2 Å². The molecule has 0 aromatic carbocycles. The molecule has 0 aliphatic heterocycles. The molecule has 0 saturated heterocycles. The fraction of sp³-hybridized carbons (Fsp3) is 1.00. The molecule has 15 heavy (non-hydrogen) atoms. The minimum atomic E-state index is 0. The van der Waals surface area contributed by atoms with E-state index < -0.39 is 0 Å². The Kier molecular flexibility index (Phi) is 31.4. The van der Waals surface area contributed by atoms with E-state index in [0.29, 0.717) is 6.61 Å². The standard InChI is InChI=1S/C12H26O.2Na.2H/c1-2-3-4-5-6-7-8-9-10-11-12-13;;;;/h13H,2-12H2,1H3;;;;. The van der Waals surface area contributed by atoms with Gasteiger partial charge in [0.1, 0.15) is 0 Å². The average Bonchev–Trinajstić information content (AvgIpc) is 2.16. The van der Waals surface area contributed by atoms with Crippen molar-refractivity contribution in [3.63, 3.8) is 0 Å². The molecule has 0 saturated carbocycles. The summed E-state index contributed by atoms with van der Waals surface area (Å²) >= 11 is 0. The van der Waals surface area contributed by atoms with Crippen molar-refractivity contribution in [1.82, 2.24) is 0 Å². The number of unbranched alkanes of at least 4 members (excludes halogenated alkanes) is 9. The molecule has 0 fully saturated rings. The van der Waals surface area contributed by atoms with Crippen LogP contribution in [0.2, 0.25) is 0 Å². The van der Waals surface area contributed by atoms with Crippen LogP contribution < -0.4 is 0 Å². The van der Waals surface area contributed by atoms with Crippen molar-refractivity contribution in [3.05, 3.63) is 0 Å². The molecule has 0 aromatic heterocycles. The molecule has 0 rings (SSSR count). The Labute approximate surface area is 140 Å². The zero-order valence-electron chi connectivity index (χ0n) is 9.23. The zero-order valence-corrected chi connectivity index (χ0v) is 9.23. The molecule has 84 valence electrons. The molecule has 0 atom stereocenters. The second-order valence-electron chi connectivity index (χ2n) is 3.91. The van der Waals surface area contributed by atoms with Crippen LogP contribution in [0, 0.1) is 0 Å². The number of aliphatic hydroxyl groups is 1. The third-order valence-corrected chi connectivity index (χ3v) is 2.51. The van der Waals surface area contributed by atoms with Crippen LogP contribution in [0.5, 0.6) is 0 Å². The van der Waals surface area contributed by atoms with Gasteiger partial charge in [0.2, 0.25) is 0 Å². The van der Waals surface area contributed by atoms with E-state index in [0.717, 1.165) is 6.42 Å². The average molecular weight is 234 g/mol. The van der Waals surface area contributed by atoms with Gasteiger partial charge in [0.15, 0.2) is 0 Å². The zero-order chi connectivity index (χ0) is 9.78. The third-order valence-electron chi connectivity index (χ3n) is 2.51. The van der Waals surface area contributed by atoms with E-state index in [-0.39, 0.29) is 59.1 Å². The van der Waals surface area contributed by atoms with E-state index in [1.807, 2.05) is 0 Å². The molecule has 0 spiro atoms. The third kappa shape index (κ3) is 21.7. The summed E-state index contributed by atoms with van der Waals surface area (Å²) in [6, 6.07) is 0. The summed E-state index contributed by atoms with van der Waals surface area (Å²) in [4.78, 5) is 0. The van der Waals surface area contributed by atoms with Crippen LogP contribution in [0.25, 0.3) is 0 Å². The maximum atomic E-state index is 8.57. The van der Waals surface area contributed by atoms with Crippen molar-refractivity contribution in [2.75, 3.05) is 6.61 Å². The van der Waals surface area contributed by atoms with Crippen molar-refractivity contribution in [3.8, 4) is 0 Å². The summed E-state index contributed by atoms with van der Waals surface area (Å²) in [6.45, 7) is 2.63. The van der Waals surface area contributed by atoms with Gasteiger partial charge in [-0.3, -0.25) is 0 Å². The van der Waals surface area contributed by atoms with E-state index >= 15 is 0 Å². The Morgan fingerprint density at radius 3 is 1.27 bits per heavy atom. The Hall–Kier alpha value is 1.96. The van der Waals surface area contributed by atoms with Gasteiger partial charge in [0, 0.05) is 6.61 Å². The van der Waals surface area contributed by atoms with Gasteiger partial charge in [0.05, 0.1) is 0 Å². The molecule has 0 aromatic rings. The second-order valence-corrected chi connectivity index (χ2v) is 3.91. The molecule has 0 radical (unpaired) electrons. The first kappa shape index (κ1) is 22.2. The summed E-state index contributed by atoms with van der Waals surface area (Å²) in [6.07, 6.45) is 13.3. The first-order chi connectivity index (χ1) is 6.41. The van der Waals surface area contributed by atoms with E-state index in [9.17, 15) is 0 Å². The van der Waals surface area contributed by atoms with Gasteiger partial charge in [-0.15, -0.1) is 0 Å². The monoisotopic (exact) mass is 234 g/mol. The van der Waals surface area contributed by atoms with Gasteiger partial charge in [-0.2, -0.15) is 0 Å². The summed E-state index contributed by atoms with van der Waals surface area (Å²) in [5.41, 5.74) is 0. The van der Waals surface area contributed by atoms with E-state index in [4.69, 9.17) is 5.11 Å². The molecule has 0 aliphatic carbocycles. The van der Waals surface area contributed by atoms with Crippen molar-refractivity contribution >= 4 is 59.1 Å². The Morgan fingerprint density at radius 1 is 0.600 bits per heavy atom. The molecule has 1 N–H and O–H groups in total. The molecule has 0 aliphatic rings. The van der Waals surface area contributed by atoms with Crippen LogP contribution in [0.15, 0.2) is 0 Å². The summed E-state index contributed by atoms with van der Waals surface area (Å²) in [7, 11) is 0. The predicted molar refractivity (Wildman–Crippen MR) is 73.2 cm³/mol. The Balaban J connectivity index is -0.000000720. The molecule has 1 nitrogen and oxygen atoms in total. The summed E-state index contributed by atoms with van der Waals surface area (Å²) < 4.78 is 0. The summed E-state index contributed by atoms with van der Waals surface area (Å²) in [5, 5.41) is 8.57. The predicted octanol–water partition coefficient (Wildman–Crippen LogP) is 2.60. The van der Waals surface area contributed by atoms with Gasteiger partial charge < -0.3 is 5.11 Å². The SMILES string of the molecule is CCCCCCCCCCCCO.[NaH].[NaH]. The van der Waals surface area contributed by atoms with Crippen molar-refractivity contribution in [1.29, 1.82) is 0 Å². The molecular formula is C12H28Na2O. The number of aliphatic hydroxyl groups excluding tert-OH is 1. The number of rotatable bonds is 10. The summed E-state index contributed by atoms with van der Waals surface area (Å²) in [5.74, 6) is 0. The van der Waals surface area contributed by atoms with Crippen LogP contribution in [-0.4, -0.2) is 70.8 Å². The first-order valence-corrected chi connectivity index (χ1v) is 6.02. The molecular weight excluding hydrogens is 206 g/mol. The number of hydrogen-bond acceptors (Lipinski definition) is 1. The Bertz CT molecular complexity index is 79.7. The van der Waals surface area contributed by atoms with Gasteiger partial charge >= 0.3 is 59.1 Å². The van der Waals surface area contributed by atoms with Crippen molar-refractivity contribution in [2.45, 2.75) is 71.1 Å². The molecule has 0 heterocycles. The van der Waals surface area contributed by atoms with Crippen molar-refractivity contribution in [2.24, 2.45) is 0 Å². The fourth-order valence-electron chi connectivity index (χ4n) is 1.60. The van der Waals surface area contributed by atoms with Gasteiger partial charge in [0.25, 0.3) is 0 Å².